The van der Waals surface area contributed by atoms with Crippen molar-refractivity contribution < 1.29 is 4.74 Å². The van der Waals surface area contributed by atoms with E-state index in [1.165, 1.54) is 0 Å². The number of halogens is 2. The van der Waals surface area contributed by atoms with E-state index >= 15 is 0 Å². The summed E-state index contributed by atoms with van der Waals surface area (Å²) in [6, 6.07) is 3.65. The Morgan fingerprint density at radius 2 is 2.14 bits per heavy atom. The van der Waals surface area contributed by atoms with Crippen LogP contribution in [0, 0.1) is 0 Å². The third kappa shape index (κ3) is 1.64. The molecule has 1 aromatic rings. The Morgan fingerprint density at radius 1 is 1.50 bits per heavy atom. The molecule has 0 bridgehead atoms. The zero-order chi connectivity index (χ0) is 10.3. The van der Waals surface area contributed by atoms with Crippen LogP contribution < -0.4 is 10.5 Å². The van der Waals surface area contributed by atoms with Gasteiger partial charge in [-0.1, -0.05) is 27.5 Å². The normalized spacial score (nSPS) is 18.0. The number of hydrogen-bond acceptors (Lipinski definition) is 2. The fourth-order valence-corrected chi connectivity index (χ4v) is 2.76. The summed E-state index contributed by atoms with van der Waals surface area (Å²) in [7, 11) is 1.63. The van der Waals surface area contributed by atoms with Crippen molar-refractivity contribution in [2.75, 3.05) is 7.11 Å². The minimum atomic E-state index is -0.214. The van der Waals surface area contributed by atoms with Crippen LogP contribution in [-0.2, 0) is 5.54 Å². The highest BCUT2D eigenvalue weighted by atomic mass is 79.9. The Hall–Kier alpha value is -0.250. The minimum absolute atomic E-state index is 0.214. The van der Waals surface area contributed by atoms with Crippen LogP contribution >= 0.6 is 27.5 Å². The van der Waals surface area contributed by atoms with Crippen LogP contribution in [0.15, 0.2) is 16.6 Å². The van der Waals surface area contributed by atoms with E-state index in [0.29, 0.717) is 5.02 Å². The number of benzene rings is 1. The molecule has 0 radical (unpaired) electrons. The second-order valence-electron chi connectivity index (χ2n) is 3.62. The maximum atomic E-state index is 6.14. The highest BCUT2D eigenvalue weighted by molar-refractivity contribution is 9.10. The average molecular weight is 277 g/mol. The molecule has 14 heavy (non-hydrogen) atoms. The largest absolute Gasteiger partial charge is 0.496 e. The van der Waals surface area contributed by atoms with Crippen molar-refractivity contribution in [3.63, 3.8) is 0 Å². The van der Waals surface area contributed by atoms with Gasteiger partial charge in [-0.2, -0.15) is 0 Å². The lowest BCUT2D eigenvalue weighted by Gasteiger charge is -2.16. The van der Waals surface area contributed by atoms with Crippen LogP contribution in [0.1, 0.15) is 18.4 Å². The maximum Gasteiger partial charge on any atom is 0.126 e. The van der Waals surface area contributed by atoms with Crippen LogP contribution in [-0.4, -0.2) is 7.11 Å². The molecule has 0 heterocycles. The van der Waals surface area contributed by atoms with E-state index in [4.69, 9.17) is 22.1 Å². The average Bonchev–Trinajstić information content (AvgIpc) is 2.82. The SMILES string of the molecule is COc1cc(Cl)cc(Br)c1C1(N)CC1. The standard InChI is InChI=1S/C10H11BrClNO/c1-14-8-5-6(12)4-7(11)9(8)10(13)2-3-10/h4-5H,2-3,13H2,1H3. The van der Waals surface area contributed by atoms with Gasteiger partial charge in [0, 0.05) is 20.6 Å². The first-order valence-electron chi connectivity index (χ1n) is 4.39. The van der Waals surface area contributed by atoms with Crippen molar-refractivity contribution in [1.29, 1.82) is 0 Å². The monoisotopic (exact) mass is 275 g/mol. The predicted octanol–water partition coefficient (Wildman–Crippen LogP) is 3.06. The van der Waals surface area contributed by atoms with Crippen molar-refractivity contribution >= 4 is 27.5 Å². The first-order chi connectivity index (χ1) is 6.57. The highest BCUT2D eigenvalue weighted by Crippen LogP contribution is 2.50. The van der Waals surface area contributed by atoms with Gasteiger partial charge in [0.15, 0.2) is 0 Å². The molecule has 0 atom stereocenters. The molecular weight excluding hydrogens is 265 g/mol. The third-order valence-corrected chi connectivity index (χ3v) is 3.37. The van der Waals surface area contributed by atoms with Crippen LogP contribution in [0.2, 0.25) is 5.02 Å². The molecule has 2 nitrogen and oxygen atoms in total. The van der Waals surface area contributed by atoms with Crippen LogP contribution in [0.4, 0.5) is 0 Å². The number of rotatable bonds is 2. The Labute approximate surface area is 96.5 Å². The lowest BCUT2D eigenvalue weighted by Crippen LogP contribution is -2.20. The molecule has 76 valence electrons. The fraction of sp³-hybridized carbons (Fsp3) is 0.400. The van der Waals surface area contributed by atoms with Gasteiger partial charge in [0.25, 0.3) is 0 Å². The molecule has 0 spiro atoms. The molecule has 0 aliphatic heterocycles. The smallest absolute Gasteiger partial charge is 0.126 e. The predicted molar refractivity (Wildman–Crippen MR) is 60.8 cm³/mol. The van der Waals surface area contributed by atoms with E-state index < -0.39 is 0 Å². The molecule has 1 aliphatic carbocycles. The van der Waals surface area contributed by atoms with Crippen molar-refractivity contribution in [1.82, 2.24) is 0 Å². The summed E-state index contributed by atoms with van der Waals surface area (Å²) in [5, 5.41) is 0.654. The Kier molecular flexibility index (Phi) is 2.50. The molecular formula is C10H11BrClNO. The molecule has 0 aromatic heterocycles. The number of methoxy groups -OCH3 is 1. The Balaban J connectivity index is 2.56. The van der Waals surface area contributed by atoms with Gasteiger partial charge >= 0.3 is 0 Å². The van der Waals surface area contributed by atoms with E-state index in [1.54, 1.807) is 13.2 Å². The van der Waals surface area contributed by atoms with Gasteiger partial charge in [-0.15, -0.1) is 0 Å². The first kappa shape index (κ1) is 10.3. The maximum absolute atomic E-state index is 6.14. The van der Waals surface area contributed by atoms with Gasteiger partial charge in [-0.3, -0.25) is 0 Å². The highest BCUT2D eigenvalue weighted by Gasteiger charge is 2.43. The van der Waals surface area contributed by atoms with Gasteiger partial charge in [-0.05, 0) is 25.0 Å². The van der Waals surface area contributed by atoms with Crippen LogP contribution in [0.25, 0.3) is 0 Å². The quantitative estimate of drug-likeness (QED) is 0.901. The Morgan fingerprint density at radius 3 is 2.64 bits per heavy atom. The van der Waals surface area contributed by atoms with E-state index in [2.05, 4.69) is 15.9 Å². The number of ether oxygens (including phenoxy) is 1. The van der Waals surface area contributed by atoms with E-state index in [0.717, 1.165) is 28.6 Å². The summed E-state index contributed by atoms with van der Waals surface area (Å²) >= 11 is 9.39. The molecule has 0 saturated heterocycles. The number of hydrogen-bond donors (Lipinski definition) is 1. The molecule has 1 aliphatic rings. The molecule has 0 amide bonds. The van der Waals surface area contributed by atoms with E-state index in [-0.39, 0.29) is 5.54 Å². The van der Waals surface area contributed by atoms with Gasteiger partial charge in [-0.25, -0.2) is 0 Å². The lowest BCUT2D eigenvalue weighted by molar-refractivity contribution is 0.404. The molecule has 1 fully saturated rings. The summed E-state index contributed by atoms with van der Waals surface area (Å²) in [6.07, 6.45) is 2.01. The zero-order valence-corrected chi connectivity index (χ0v) is 10.2. The molecule has 4 heteroatoms. The first-order valence-corrected chi connectivity index (χ1v) is 5.56. The van der Waals surface area contributed by atoms with E-state index in [9.17, 15) is 0 Å². The third-order valence-electron chi connectivity index (χ3n) is 2.53. The summed E-state index contributed by atoms with van der Waals surface area (Å²) in [5.74, 6) is 0.768. The second kappa shape index (κ2) is 3.40. The van der Waals surface area contributed by atoms with Gasteiger partial charge < -0.3 is 10.5 Å². The van der Waals surface area contributed by atoms with Gasteiger partial charge in [0.05, 0.1) is 7.11 Å². The number of nitrogens with two attached hydrogens (primary N) is 1. The Bertz CT molecular complexity index is 377. The van der Waals surface area contributed by atoms with Crippen molar-refractivity contribution in [2.45, 2.75) is 18.4 Å². The summed E-state index contributed by atoms with van der Waals surface area (Å²) in [5.41, 5.74) is 6.96. The second-order valence-corrected chi connectivity index (χ2v) is 4.91. The molecule has 1 saturated carbocycles. The van der Waals surface area contributed by atoms with Crippen molar-refractivity contribution in [3.05, 3.63) is 27.2 Å². The summed E-state index contributed by atoms with van der Waals surface area (Å²) in [4.78, 5) is 0. The minimum Gasteiger partial charge on any atom is -0.496 e. The van der Waals surface area contributed by atoms with Crippen molar-refractivity contribution in [3.8, 4) is 5.75 Å². The van der Waals surface area contributed by atoms with Crippen molar-refractivity contribution in [2.24, 2.45) is 5.73 Å². The molecule has 2 rings (SSSR count). The zero-order valence-electron chi connectivity index (χ0n) is 7.81. The van der Waals surface area contributed by atoms with Gasteiger partial charge in [0.1, 0.15) is 5.75 Å². The molecule has 0 unspecified atom stereocenters. The molecule has 1 aromatic carbocycles. The summed E-state index contributed by atoms with van der Waals surface area (Å²) in [6.45, 7) is 0. The fourth-order valence-electron chi connectivity index (χ4n) is 1.58. The van der Waals surface area contributed by atoms with Crippen LogP contribution in [0.5, 0.6) is 5.75 Å². The topological polar surface area (TPSA) is 35.2 Å². The van der Waals surface area contributed by atoms with Gasteiger partial charge in [0.2, 0.25) is 0 Å². The lowest BCUT2D eigenvalue weighted by atomic mass is 10.0. The summed E-state index contributed by atoms with van der Waals surface area (Å²) < 4.78 is 6.21. The molecule has 2 N–H and O–H groups in total. The van der Waals surface area contributed by atoms with Crippen LogP contribution in [0.3, 0.4) is 0 Å². The van der Waals surface area contributed by atoms with E-state index in [1.807, 2.05) is 6.07 Å².